The van der Waals surface area contributed by atoms with Crippen molar-refractivity contribution in [2.45, 2.75) is 51.7 Å². The van der Waals surface area contributed by atoms with E-state index in [0.29, 0.717) is 17.9 Å². The quantitative estimate of drug-likeness (QED) is 0.558. The highest BCUT2D eigenvalue weighted by Crippen LogP contribution is 2.31. The van der Waals surface area contributed by atoms with Crippen LogP contribution in [0.15, 0.2) is 48.5 Å². The molecule has 2 unspecified atom stereocenters. The molecule has 6 nitrogen and oxygen atoms in total. The molecule has 0 aliphatic carbocycles. The van der Waals surface area contributed by atoms with Gasteiger partial charge in [-0.05, 0) is 37.0 Å². The number of aryl methyl sites for hydroxylation is 1. The smallest absolute Gasteiger partial charge is 0.306 e. The van der Waals surface area contributed by atoms with Crippen LogP contribution in [-0.2, 0) is 20.7 Å². The number of rotatable bonds is 11. The van der Waals surface area contributed by atoms with Crippen LogP contribution in [0.1, 0.15) is 50.3 Å². The second kappa shape index (κ2) is 11.9. The third-order valence-electron chi connectivity index (χ3n) is 4.86. The molecule has 0 heterocycles. The number of para-hydroxylation sites is 1. The van der Waals surface area contributed by atoms with Crippen LogP contribution >= 0.6 is 0 Å². The molecular weight excluding hydrogens is 382 g/mol. The molecule has 0 aromatic heterocycles. The summed E-state index contributed by atoms with van der Waals surface area (Å²) in [6, 6.07) is 15.2. The highest BCUT2D eigenvalue weighted by atomic mass is 16.5. The van der Waals surface area contributed by atoms with E-state index in [0.717, 1.165) is 24.0 Å². The fraction of sp³-hybridized carbons (Fsp3) is 0.417. The summed E-state index contributed by atoms with van der Waals surface area (Å²) < 4.78 is 16.0. The third-order valence-corrected chi connectivity index (χ3v) is 4.86. The van der Waals surface area contributed by atoms with Crippen molar-refractivity contribution in [3.63, 3.8) is 0 Å². The first-order chi connectivity index (χ1) is 14.5. The highest BCUT2D eigenvalue weighted by Gasteiger charge is 2.22. The van der Waals surface area contributed by atoms with Crippen molar-refractivity contribution in [2.75, 3.05) is 14.2 Å². The number of carbonyl (C=O) groups is 2. The maximum atomic E-state index is 12.6. The van der Waals surface area contributed by atoms with Crippen LogP contribution < -0.4 is 14.8 Å². The number of methoxy groups -OCH3 is 2. The monoisotopic (exact) mass is 413 g/mol. The van der Waals surface area contributed by atoms with Crippen molar-refractivity contribution < 1.29 is 23.8 Å². The minimum absolute atomic E-state index is 0.106. The number of amides is 1. The topological polar surface area (TPSA) is 73.9 Å². The van der Waals surface area contributed by atoms with E-state index in [4.69, 9.17) is 14.2 Å². The molecule has 0 spiro atoms. The first-order valence-electron chi connectivity index (χ1n) is 10.2. The molecule has 0 aliphatic heterocycles. The Morgan fingerprint density at radius 1 is 1.00 bits per heavy atom. The number of benzene rings is 2. The lowest BCUT2D eigenvalue weighted by molar-refractivity contribution is -0.155. The number of nitrogens with one attached hydrogen (secondary N) is 1. The summed E-state index contributed by atoms with van der Waals surface area (Å²) in [5.74, 6) is 0.474. The Labute approximate surface area is 178 Å². The predicted octanol–water partition coefficient (Wildman–Crippen LogP) is 4.23. The summed E-state index contributed by atoms with van der Waals surface area (Å²) in [4.78, 5) is 24.9. The highest BCUT2D eigenvalue weighted by molar-refractivity contribution is 5.83. The first-order valence-corrected chi connectivity index (χ1v) is 10.2. The van der Waals surface area contributed by atoms with Gasteiger partial charge >= 0.3 is 5.97 Å². The summed E-state index contributed by atoms with van der Waals surface area (Å²) in [6.07, 6.45) is 1.43. The molecule has 0 saturated heterocycles. The number of esters is 1. The molecule has 162 valence electrons. The van der Waals surface area contributed by atoms with Gasteiger partial charge in [0.25, 0.3) is 5.91 Å². The van der Waals surface area contributed by atoms with E-state index in [1.54, 1.807) is 27.2 Å². The van der Waals surface area contributed by atoms with Gasteiger partial charge in [-0.25, -0.2) is 0 Å². The molecular formula is C24H31NO5. The van der Waals surface area contributed by atoms with Crippen molar-refractivity contribution in [3.8, 4) is 11.5 Å². The lowest BCUT2D eigenvalue weighted by atomic mass is 10.0. The number of carbonyl (C=O) groups excluding carboxylic acids is 2. The number of ether oxygens (including phenoxy) is 3. The Hall–Kier alpha value is -3.02. The van der Waals surface area contributed by atoms with Crippen molar-refractivity contribution in [2.24, 2.45) is 0 Å². The Kier molecular flexibility index (Phi) is 9.19. The van der Waals surface area contributed by atoms with E-state index < -0.39 is 12.1 Å². The van der Waals surface area contributed by atoms with Crippen LogP contribution in [0.3, 0.4) is 0 Å². The summed E-state index contributed by atoms with van der Waals surface area (Å²) in [5, 5.41) is 2.99. The third kappa shape index (κ3) is 6.51. The average Bonchev–Trinajstić information content (AvgIpc) is 2.77. The Balaban J connectivity index is 1.91. The lowest BCUT2D eigenvalue weighted by Crippen LogP contribution is -2.38. The number of hydrogen-bond donors (Lipinski definition) is 1. The van der Waals surface area contributed by atoms with Crippen molar-refractivity contribution in [1.82, 2.24) is 5.32 Å². The van der Waals surface area contributed by atoms with Gasteiger partial charge in [0.2, 0.25) is 0 Å². The fourth-order valence-electron chi connectivity index (χ4n) is 3.28. The zero-order valence-corrected chi connectivity index (χ0v) is 18.1. The molecule has 2 rings (SSSR count). The largest absolute Gasteiger partial charge is 0.493 e. The van der Waals surface area contributed by atoms with E-state index in [-0.39, 0.29) is 18.4 Å². The Morgan fingerprint density at radius 2 is 1.73 bits per heavy atom. The van der Waals surface area contributed by atoms with Crippen LogP contribution in [0, 0.1) is 0 Å². The predicted molar refractivity (Wildman–Crippen MR) is 116 cm³/mol. The molecule has 1 N–H and O–H groups in total. The Morgan fingerprint density at radius 3 is 2.37 bits per heavy atom. The standard InChI is InChI=1S/C24H31NO5/c1-5-10-20(18-11-7-6-8-12-18)25-24(27)17(2)30-22(26)16-15-19-13-9-14-21(28-3)23(19)29-4/h6-9,11-14,17,20H,5,10,15-16H2,1-4H3,(H,25,27). The van der Waals surface area contributed by atoms with E-state index in [9.17, 15) is 9.59 Å². The van der Waals surface area contributed by atoms with Gasteiger partial charge in [0.15, 0.2) is 17.6 Å². The van der Waals surface area contributed by atoms with Gasteiger partial charge in [-0.2, -0.15) is 0 Å². The van der Waals surface area contributed by atoms with Gasteiger partial charge < -0.3 is 19.5 Å². The first kappa shape index (κ1) is 23.3. The summed E-state index contributed by atoms with van der Waals surface area (Å²) in [7, 11) is 3.13. The van der Waals surface area contributed by atoms with E-state index in [2.05, 4.69) is 12.2 Å². The van der Waals surface area contributed by atoms with Crippen molar-refractivity contribution >= 4 is 11.9 Å². The van der Waals surface area contributed by atoms with Gasteiger partial charge in [0.05, 0.1) is 20.3 Å². The van der Waals surface area contributed by atoms with E-state index in [1.165, 1.54) is 0 Å². The second-order valence-electron chi connectivity index (χ2n) is 7.05. The van der Waals surface area contributed by atoms with Crippen molar-refractivity contribution in [1.29, 1.82) is 0 Å². The zero-order valence-electron chi connectivity index (χ0n) is 18.1. The molecule has 0 bridgehead atoms. The van der Waals surface area contributed by atoms with Gasteiger partial charge in [-0.3, -0.25) is 9.59 Å². The number of hydrogen-bond acceptors (Lipinski definition) is 5. The normalized spacial score (nSPS) is 12.5. The van der Waals surface area contributed by atoms with E-state index >= 15 is 0 Å². The van der Waals surface area contributed by atoms with Crippen LogP contribution in [0.25, 0.3) is 0 Å². The van der Waals surface area contributed by atoms with E-state index in [1.807, 2.05) is 42.5 Å². The maximum Gasteiger partial charge on any atom is 0.306 e. The van der Waals surface area contributed by atoms with Crippen LogP contribution in [0.4, 0.5) is 0 Å². The molecule has 0 aliphatic rings. The molecule has 2 aromatic carbocycles. The van der Waals surface area contributed by atoms with Gasteiger partial charge in [0.1, 0.15) is 0 Å². The molecule has 2 aromatic rings. The molecule has 30 heavy (non-hydrogen) atoms. The van der Waals surface area contributed by atoms with Crippen LogP contribution in [-0.4, -0.2) is 32.2 Å². The Bertz CT molecular complexity index is 822. The lowest BCUT2D eigenvalue weighted by Gasteiger charge is -2.21. The minimum Gasteiger partial charge on any atom is -0.493 e. The molecule has 2 atom stereocenters. The summed E-state index contributed by atoms with van der Waals surface area (Å²) >= 11 is 0. The summed E-state index contributed by atoms with van der Waals surface area (Å²) in [5.41, 5.74) is 1.88. The molecule has 6 heteroatoms. The minimum atomic E-state index is -0.868. The molecule has 0 fully saturated rings. The molecule has 0 saturated carbocycles. The van der Waals surface area contributed by atoms with Gasteiger partial charge in [-0.15, -0.1) is 0 Å². The van der Waals surface area contributed by atoms with Crippen LogP contribution in [0.2, 0.25) is 0 Å². The molecule has 0 radical (unpaired) electrons. The average molecular weight is 414 g/mol. The second-order valence-corrected chi connectivity index (χ2v) is 7.05. The SMILES string of the molecule is CCCC(NC(=O)C(C)OC(=O)CCc1cccc(OC)c1OC)c1ccccc1. The maximum absolute atomic E-state index is 12.6. The summed E-state index contributed by atoms with van der Waals surface area (Å²) in [6.45, 7) is 3.66. The zero-order chi connectivity index (χ0) is 21.9. The van der Waals surface area contributed by atoms with Crippen molar-refractivity contribution in [3.05, 3.63) is 59.7 Å². The van der Waals surface area contributed by atoms with Crippen LogP contribution in [0.5, 0.6) is 11.5 Å². The van der Waals surface area contributed by atoms with Gasteiger partial charge in [-0.1, -0.05) is 55.8 Å². The molecule has 1 amide bonds. The van der Waals surface area contributed by atoms with Gasteiger partial charge in [0, 0.05) is 6.42 Å². The fourth-order valence-corrected chi connectivity index (χ4v) is 3.28.